The molecule has 0 aliphatic rings. The first-order valence-electron chi connectivity index (χ1n) is 5.98. The molecule has 110 valence electrons. The number of benzene rings is 1. The van der Waals surface area contributed by atoms with Crippen molar-refractivity contribution in [1.29, 1.82) is 0 Å². The van der Waals surface area contributed by atoms with Gasteiger partial charge in [-0.25, -0.2) is 4.98 Å². The molecule has 7 heteroatoms. The van der Waals surface area contributed by atoms with Gasteiger partial charge in [-0.05, 0) is 29.8 Å². The molecule has 0 saturated heterocycles. The number of halogens is 3. The van der Waals surface area contributed by atoms with E-state index >= 15 is 0 Å². The molecule has 2 rings (SSSR count). The maximum Gasteiger partial charge on any atom is 0.387 e. The highest BCUT2D eigenvalue weighted by Crippen LogP contribution is 2.15. The summed E-state index contributed by atoms with van der Waals surface area (Å²) in [6.45, 7) is -2.62. The minimum Gasteiger partial charge on any atom is -0.435 e. The molecule has 0 unspecified atom stereocenters. The van der Waals surface area contributed by atoms with Crippen molar-refractivity contribution >= 4 is 17.5 Å². The summed E-state index contributed by atoms with van der Waals surface area (Å²) in [4.78, 5) is 15.7. The Morgan fingerprint density at radius 2 is 2.00 bits per heavy atom. The summed E-state index contributed by atoms with van der Waals surface area (Å²) in [5, 5.41) is 2.78. The Morgan fingerprint density at radius 3 is 2.62 bits per heavy atom. The zero-order valence-electron chi connectivity index (χ0n) is 10.7. The van der Waals surface area contributed by atoms with Crippen molar-refractivity contribution in [1.82, 2.24) is 10.3 Å². The Labute approximate surface area is 124 Å². The molecule has 0 fully saturated rings. The Balaban J connectivity index is 1.94. The van der Waals surface area contributed by atoms with E-state index in [4.69, 9.17) is 11.6 Å². The van der Waals surface area contributed by atoms with Crippen molar-refractivity contribution in [2.45, 2.75) is 13.2 Å². The predicted molar refractivity (Wildman–Crippen MR) is 73.5 cm³/mol. The first-order valence-corrected chi connectivity index (χ1v) is 6.36. The van der Waals surface area contributed by atoms with Crippen molar-refractivity contribution < 1.29 is 18.3 Å². The Bertz CT molecular complexity index is 621. The van der Waals surface area contributed by atoms with Crippen molar-refractivity contribution in [3.8, 4) is 5.75 Å². The summed E-state index contributed by atoms with van der Waals surface area (Å²) < 4.78 is 28.2. The minimum absolute atomic E-state index is 0.0652. The van der Waals surface area contributed by atoms with Crippen LogP contribution >= 0.6 is 11.6 Å². The van der Waals surface area contributed by atoms with Gasteiger partial charge in [-0.2, -0.15) is 8.78 Å². The molecule has 4 nitrogen and oxygen atoms in total. The number of rotatable bonds is 5. The van der Waals surface area contributed by atoms with E-state index < -0.39 is 6.61 Å². The number of carbonyl (C=O) groups excluding carboxylic acids is 1. The van der Waals surface area contributed by atoms with Crippen molar-refractivity contribution in [3.05, 3.63) is 58.9 Å². The Kier molecular flexibility index (Phi) is 5.05. The van der Waals surface area contributed by atoms with Gasteiger partial charge in [0.1, 0.15) is 10.9 Å². The lowest BCUT2D eigenvalue weighted by Gasteiger charge is -2.08. The van der Waals surface area contributed by atoms with Gasteiger partial charge in [0.25, 0.3) is 5.91 Å². The van der Waals surface area contributed by atoms with Crippen LogP contribution in [-0.4, -0.2) is 17.5 Å². The molecule has 0 radical (unpaired) electrons. The van der Waals surface area contributed by atoms with Gasteiger partial charge in [0.15, 0.2) is 0 Å². The van der Waals surface area contributed by atoms with Crippen LogP contribution in [-0.2, 0) is 6.54 Å². The second kappa shape index (κ2) is 6.99. The quantitative estimate of drug-likeness (QED) is 0.862. The van der Waals surface area contributed by atoms with Gasteiger partial charge in [0.05, 0.1) is 5.56 Å². The van der Waals surface area contributed by atoms with Gasteiger partial charge in [0, 0.05) is 12.7 Å². The second-order valence-electron chi connectivity index (χ2n) is 4.05. The van der Waals surface area contributed by atoms with E-state index in [0.29, 0.717) is 0 Å². The van der Waals surface area contributed by atoms with Gasteiger partial charge < -0.3 is 10.1 Å². The number of hydrogen-bond acceptors (Lipinski definition) is 3. The van der Waals surface area contributed by atoms with E-state index in [0.717, 1.165) is 5.56 Å². The van der Waals surface area contributed by atoms with Crippen LogP contribution in [0.1, 0.15) is 15.9 Å². The molecule has 0 atom stereocenters. The van der Waals surface area contributed by atoms with Crippen LogP contribution in [0.25, 0.3) is 0 Å². The van der Waals surface area contributed by atoms with Gasteiger partial charge in [0.2, 0.25) is 0 Å². The van der Waals surface area contributed by atoms with Gasteiger partial charge >= 0.3 is 6.61 Å². The summed E-state index contributed by atoms with van der Waals surface area (Å²) in [6, 6.07) is 9.16. The maximum absolute atomic E-state index is 12.0. The molecular weight excluding hydrogens is 302 g/mol. The van der Waals surface area contributed by atoms with E-state index in [9.17, 15) is 13.6 Å². The molecule has 0 aliphatic heterocycles. The van der Waals surface area contributed by atoms with Crippen LogP contribution in [0, 0.1) is 0 Å². The first-order chi connectivity index (χ1) is 10.1. The molecule has 1 N–H and O–H groups in total. The summed E-state index contributed by atoms with van der Waals surface area (Å²) in [5.74, 6) is -0.295. The van der Waals surface area contributed by atoms with E-state index in [1.165, 1.54) is 18.3 Å². The molecule has 0 aliphatic carbocycles. The number of aromatic nitrogens is 1. The number of pyridine rings is 1. The normalized spacial score (nSPS) is 10.5. The third-order valence-corrected chi connectivity index (χ3v) is 2.91. The summed E-state index contributed by atoms with van der Waals surface area (Å²) in [5.41, 5.74) is 1.02. The minimum atomic E-state index is -2.86. The number of carbonyl (C=O) groups is 1. The van der Waals surface area contributed by atoms with Crippen LogP contribution < -0.4 is 10.1 Å². The molecule has 21 heavy (non-hydrogen) atoms. The average molecular weight is 313 g/mol. The lowest BCUT2D eigenvalue weighted by molar-refractivity contribution is -0.0498. The lowest BCUT2D eigenvalue weighted by atomic mass is 10.2. The highest BCUT2D eigenvalue weighted by molar-refractivity contribution is 6.32. The smallest absolute Gasteiger partial charge is 0.387 e. The van der Waals surface area contributed by atoms with Crippen molar-refractivity contribution in [2.24, 2.45) is 0 Å². The molecular formula is C14H11ClF2N2O2. The van der Waals surface area contributed by atoms with Crippen molar-refractivity contribution in [2.75, 3.05) is 0 Å². The number of hydrogen-bond donors (Lipinski definition) is 1. The monoisotopic (exact) mass is 312 g/mol. The molecule has 0 bridgehead atoms. The van der Waals surface area contributed by atoms with Gasteiger partial charge in [-0.3, -0.25) is 4.79 Å². The molecule has 2 aromatic rings. The van der Waals surface area contributed by atoms with Crippen LogP contribution in [0.15, 0.2) is 42.6 Å². The van der Waals surface area contributed by atoms with E-state index in [1.807, 2.05) is 0 Å². The van der Waals surface area contributed by atoms with E-state index in [1.54, 1.807) is 24.3 Å². The SMILES string of the molecule is O=C(NCc1ccc(OC(F)F)cc1)c1cccnc1Cl. The average Bonchev–Trinajstić information content (AvgIpc) is 2.46. The molecule has 1 heterocycles. The highest BCUT2D eigenvalue weighted by atomic mass is 35.5. The predicted octanol–water partition coefficient (Wildman–Crippen LogP) is 3.27. The summed E-state index contributed by atoms with van der Waals surface area (Å²) in [6.07, 6.45) is 1.49. The number of nitrogens with one attached hydrogen (secondary N) is 1. The maximum atomic E-state index is 12.0. The molecule has 1 amide bonds. The van der Waals surface area contributed by atoms with Crippen molar-refractivity contribution in [3.63, 3.8) is 0 Å². The van der Waals surface area contributed by atoms with Gasteiger partial charge in [-0.1, -0.05) is 23.7 Å². The van der Waals surface area contributed by atoms with Crippen LogP contribution in [0.2, 0.25) is 5.15 Å². The number of amides is 1. The number of alkyl halides is 2. The van der Waals surface area contributed by atoms with Gasteiger partial charge in [-0.15, -0.1) is 0 Å². The largest absolute Gasteiger partial charge is 0.435 e. The molecule has 1 aromatic carbocycles. The van der Waals surface area contributed by atoms with E-state index in [2.05, 4.69) is 15.0 Å². The third-order valence-electron chi connectivity index (χ3n) is 2.61. The standard InChI is InChI=1S/C14H11ClF2N2O2/c15-12-11(2-1-7-18-12)13(20)19-8-9-3-5-10(6-4-9)21-14(16)17/h1-7,14H,8H2,(H,19,20). The topological polar surface area (TPSA) is 51.2 Å². The number of ether oxygens (including phenoxy) is 1. The highest BCUT2D eigenvalue weighted by Gasteiger charge is 2.10. The Hall–Kier alpha value is -2.21. The summed E-state index contributed by atoms with van der Waals surface area (Å²) >= 11 is 5.81. The molecule has 0 saturated carbocycles. The Morgan fingerprint density at radius 1 is 1.29 bits per heavy atom. The third kappa shape index (κ3) is 4.39. The number of nitrogens with zero attached hydrogens (tertiary/aromatic N) is 1. The fourth-order valence-electron chi connectivity index (χ4n) is 1.62. The second-order valence-corrected chi connectivity index (χ2v) is 4.40. The fourth-order valence-corrected chi connectivity index (χ4v) is 1.83. The van der Waals surface area contributed by atoms with E-state index in [-0.39, 0.29) is 28.9 Å². The molecule has 0 spiro atoms. The first kappa shape index (κ1) is 15.2. The molecule has 1 aromatic heterocycles. The van der Waals surface area contributed by atoms with Crippen LogP contribution in [0.3, 0.4) is 0 Å². The lowest BCUT2D eigenvalue weighted by Crippen LogP contribution is -2.23. The summed E-state index contributed by atoms with van der Waals surface area (Å²) in [7, 11) is 0. The fraction of sp³-hybridized carbons (Fsp3) is 0.143. The van der Waals surface area contributed by atoms with Crippen LogP contribution in [0.4, 0.5) is 8.78 Å². The zero-order chi connectivity index (χ0) is 15.2. The van der Waals surface area contributed by atoms with Crippen LogP contribution in [0.5, 0.6) is 5.75 Å². The zero-order valence-corrected chi connectivity index (χ0v) is 11.5.